The van der Waals surface area contributed by atoms with E-state index in [9.17, 15) is 8.42 Å². The highest BCUT2D eigenvalue weighted by atomic mass is 32.2. The van der Waals surface area contributed by atoms with Crippen molar-refractivity contribution >= 4 is 15.7 Å². The first-order valence-electron chi connectivity index (χ1n) is 6.34. The molecule has 2 rings (SSSR count). The molecule has 1 aromatic carbocycles. The first kappa shape index (κ1) is 14.5. The summed E-state index contributed by atoms with van der Waals surface area (Å²) in [6.45, 7) is 3.88. The van der Waals surface area contributed by atoms with Crippen LogP contribution in [0.15, 0.2) is 35.2 Å². The number of hydrogen-bond donors (Lipinski definition) is 2. The average Bonchev–Trinajstić information content (AvgIpc) is 2.82. The van der Waals surface area contributed by atoms with E-state index in [-0.39, 0.29) is 11.4 Å². The van der Waals surface area contributed by atoms with E-state index in [1.54, 1.807) is 38.1 Å². The summed E-state index contributed by atoms with van der Waals surface area (Å²) < 4.78 is 27.0. The van der Waals surface area contributed by atoms with Crippen LogP contribution < -0.4 is 10.0 Å². The highest BCUT2D eigenvalue weighted by Crippen LogP contribution is 2.26. The zero-order valence-electron chi connectivity index (χ0n) is 11.5. The van der Waals surface area contributed by atoms with E-state index in [1.165, 1.54) is 4.31 Å². The molecule has 3 N–H and O–H groups in total. The summed E-state index contributed by atoms with van der Waals surface area (Å²) in [5.41, 5.74) is 7.06. The molecule has 0 amide bonds. The Labute approximate surface area is 118 Å². The first-order valence-corrected chi connectivity index (χ1v) is 7.78. The molecule has 20 heavy (non-hydrogen) atoms. The molecule has 2 aromatic rings. The van der Waals surface area contributed by atoms with Crippen LogP contribution in [0, 0.1) is 6.92 Å². The van der Waals surface area contributed by atoms with E-state index in [2.05, 4.69) is 10.2 Å². The number of H-pyrrole nitrogens is 1. The molecule has 108 valence electrons. The summed E-state index contributed by atoms with van der Waals surface area (Å²) in [7, 11) is -3.67. The van der Waals surface area contributed by atoms with Crippen molar-refractivity contribution in [1.29, 1.82) is 0 Å². The third-order valence-corrected chi connectivity index (χ3v) is 5.14. The number of nitrogens with two attached hydrogens (primary N) is 1. The summed E-state index contributed by atoms with van der Waals surface area (Å²) in [6.07, 6.45) is 0. The molecule has 0 radical (unpaired) electrons. The SMILES string of the molecule is CCN(c1ccccc1)S(=O)(=O)c1c(CN)n[nH]c1C. The number of hydrogen-bond acceptors (Lipinski definition) is 4. The van der Waals surface area contributed by atoms with Gasteiger partial charge in [-0.05, 0) is 26.0 Å². The molecule has 0 fully saturated rings. The molecule has 0 unspecified atom stereocenters. The maximum absolute atomic E-state index is 12.8. The van der Waals surface area contributed by atoms with Crippen LogP contribution in [0.25, 0.3) is 0 Å². The zero-order chi connectivity index (χ0) is 14.8. The number of nitrogens with zero attached hydrogens (tertiary/aromatic N) is 2. The van der Waals surface area contributed by atoms with E-state index in [0.29, 0.717) is 23.6 Å². The van der Waals surface area contributed by atoms with Gasteiger partial charge in [0.2, 0.25) is 0 Å². The van der Waals surface area contributed by atoms with Gasteiger partial charge >= 0.3 is 0 Å². The Bertz CT molecular complexity index is 680. The third-order valence-electron chi connectivity index (χ3n) is 3.03. The van der Waals surface area contributed by atoms with Gasteiger partial charge in [-0.15, -0.1) is 0 Å². The number of sulfonamides is 1. The Morgan fingerprint density at radius 2 is 1.95 bits per heavy atom. The number of rotatable bonds is 5. The van der Waals surface area contributed by atoms with Crippen molar-refractivity contribution in [2.75, 3.05) is 10.8 Å². The van der Waals surface area contributed by atoms with Gasteiger partial charge in [0.1, 0.15) is 4.90 Å². The number of aromatic amines is 1. The Morgan fingerprint density at radius 3 is 2.50 bits per heavy atom. The highest BCUT2D eigenvalue weighted by Gasteiger charge is 2.29. The lowest BCUT2D eigenvalue weighted by Gasteiger charge is -2.23. The second kappa shape index (κ2) is 5.64. The van der Waals surface area contributed by atoms with Crippen LogP contribution in [0.1, 0.15) is 18.3 Å². The molecule has 0 aliphatic carbocycles. The van der Waals surface area contributed by atoms with Gasteiger partial charge in [-0.25, -0.2) is 8.42 Å². The summed E-state index contributed by atoms with van der Waals surface area (Å²) >= 11 is 0. The molecule has 1 aromatic heterocycles. The predicted octanol–water partition coefficient (Wildman–Crippen LogP) is 1.39. The largest absolute Gasteiger partial charge is 0.325 e. The van der Waals surface area contributed by atoms with Crippen LogP contribution in [-0.4, -0.2) is 25.2 Å². The standard InChI is InChI=1S/C13H18N4O2S/c1-3-17(11-7-5-4-6-8-11)20(18,19)13-10(2)15-16-12(13)9-14/h4-8H,3,9,14H2,1-2H3,(H,15,16). The van der Waals surface area contributed by atoms with Crippen LogP contribution in [0.3, 0.4) is 0 Å². The molecule has 0 bridgehead atoms. The maximum Gasteiger partial charge on any atom is 0.268 e. The van der Waals surface area contributed by atoms with Gasteiger partial charge in [-0.3, -0.25) is 9.40 Å². The summed E-state index contributed by atoms with van der Waals surface area (Å²) in [4.78, 5) is 0.172. The van der Waals surface area contributed by atoms with Crippen molar-refractivity contribution in [3.8, 4) is 0 Å². The summed E-state index contributed by atoms with van der Waals surface area (Å²) in [6, 6.07) is 8.98. The first-order chi connectivity index (χ1) is 9.52. The molecule has 0 atom stereocenters. The van der Waals surface area contributed by atoms with Crippen molar-refractivity contribution in [2.45, 2.75) is 25.3 Å². The van der Waals surface area contributed by atoms with Gasteiger partial charge in [0.25, 0.3) is 10.0 Å². The normalized spacial score (nSPS) is 11.6. The summed E-state index contributed by atoms with van der Waals surface area (Å²) in [5.74, 6) is 0. The van der Waals surface area contributed by atoms with E-state index in [0.717, 1.165) is 0 Å². The fourth-order valence-corrected chi connectivity index (χ4v) is 3.96. The van der Waals surface area contributed by atoms with Crippen LogP contribution in [0.2, 0.25) is 0 Å². The third kappa shape index (κ3) is 2.41. The zero-order valence-corrected chi connectivity index (χ0v) is 12.3. The highest BCUT2D eigenvalue weighted by molar-refractivity contribution is 7.93. The maximum atomic E-state index is 12.8. The minimum absolute atomic E-state index is 0.0747. The molecule has 0 aliphatic rings. The van der Waals surface area contributed by atoms with Crippen LogP contribution in [0.5, 0.6) is 0 Å². The molecule has 0 aliphatic heterocycles. The second-order valence-corrected chi connectivity index (χ2v) is 6.13. The average molecular weight is 294 g/mol. The number of aromatic nitrogens is 2. The summed E-state index contributed by atoms with van der Waals surface area (Å²) in [5, 5.41) is 6.64. The number of anilines is 1. The Balaban J connectivity index is 2.56. The van der Waals surface area contributed by atoms with Crippen LogP contribution in [0.4, 0.5) is 5.69 Å². The molecule has 0 saturated heterocycles. The van der Waals surface area contributed by atoms with Gasteiger partial charge in [0.05, 0.1) is 17.1 Å². The van der Waals surface area contributed by atoms with E-state index < -0.39 is 10.0 Å². The smallest absolute Gasteiger partial charge is 0.268 e. The van der Waals surface area contributed by atoms with Crippen molar-refractivity contribution in [3.05, 3.63) is 41.7 Å². The Hall–Kier alpha value is -1.86. The van der Waals surface area contributed by atoms with Crippen LogP contribution in [-0.2, 0) is 16.6 Å². The van der Waals surface area contributed by atoms with Crippen molar-refractivity contribution in [1.82, 2.24) is 10.2 Å². The van der Waals surface area contributed by atoms with Crippen molar-refractivity contribution < 1.29 is 8.42 Å². The van der Waals surface area contributed by atoms with Gasteiger partial charge in [-0.1, -0.05) is 18.2 Å². The lowest BCUT2D eigenvalue weighted by atomic mass is 10.3. The number of nitrogens with one attached hydrogen (secondary N) is 1. The van der Waals surface area contributed by atoms with E-state index in [1.807, 2.05) is 6.07 Å². The lowest BCUT2D eigenvalue weighted by Crippen LogP contribution is -2.31. The molecule has 0 saturated carbocycles. The minimum atomic E-state index is -3.67. The number of para-hydroxylation sites is 1. The van der Waals surface area contributed by atoms with Crippen molar-refractivity contribution in [3.63, 3.8) is 0 Å². The monoisotopic (exact) mass is 294 g/mol. The number of aryl methyl sites for hydroxylation is 1. The molecule has 1 heterocycles. The fraction of sp³-hybridized carbons (Fsp3) is 0.308. The Kier molecular flexibility index (Phi) is 4.10. The minimum Gasteiger partial charge on any atom is -0.325 e. The quantitative estimate of drug-likeness (QED) is 0.871. The Morgan fingerprint density at radius 1 is 1.30 bits per heavy atom. The predicted molar refractivity (Wildman–Crippen MR) is 77.9 cm³/mol. The lowest BCUT2D eigenvalue weighted by molar-refractivity contribution is 0.590. The number of benzene rings is 1. The van der Waals surface area contributed by atoms with Crippen molar-refractivity contribution in [2.24, 2.45) is 5.73 Å². The van der Waals surface area contributed by atoms with E-state index >= 15 is 0 Å². The van der Waals surface area contributed by atoms with Crippen LogP contribution >= 0.6 is 0 Å². The fourth-order valence-electron chi connectivity index (χ4n) is 2.15. The van der Waals surface area contributed by atoms with E-state index in [4.69, 9.17) is 5.73 Å². The van der Waals surface area contributed by atoms with Gasteiger partial charge in [-0.2, -0.15) is 5.10 Å². The molecular formula is C13H18N4O2S. The molecule has 0 spiro atoms. The molecule has 7 heteroatoms. The molecular weight excluding hydrogens is 276 g/mol. The van der Waals surface area contributed by atoms with Gasteiger partial charge in [0, 0.05) is 13.1 Å². The second-order valence-electron chi connectivity index (χ2n) is 4.33. The van der Waals surface area contributed by atoms with Gasteiger partial charge < -0.3 is 5.73 Å². The van der Waals surface area contributed by atoms with Gasteiger partial charge in [0.15, 0.2) is 0 Å². The topological polar surface area (TPSA) is 92.1 Å². The molecule has 6 nitrogen and oxygen atoms in total.